The number of hydrogen-bond acceptors (Lipinski definition) is 4. The van der Waals surface area contributed by atoms with Crippen LogP contribution in [0.25, 0.3) is 0 Å². The van der Waals surface area contributed by atoms with Crippen molar-refractivity contribution in [3.63, 3.8) is 0 Å². The predicted octanol–water partition coefficient (Wildman–Crippen LogP) is 1.62. The minimum absolute atomic E-state index is 0.0160. The maximum absolute atomic E-state index is 13.1. The number of benzene rings is 1. The lowest BCUT2D eigenvalue weighted by molar-refractivity contribution is -0.137. The number of hydrogen-bond donors (Lipinski definition) is 0. The van der Waals surface area contributed by atoms with E-state index in [1.165, 1.54) is 16.4 Å². The van der Waals surface area contributed by atoms with Gasteiger partial charge in [0.1, 0.15) is 11.9 Å². The topological polar surface area (TPSA) is 66.9 Å². The first kappa shape index (κ1) is 18.3. The third kappa shape index (κ3) is 3.70. The fraction of sp³-hybridized carbons (Fsp3) is 0.588. The van der Waals surface area contributed by atoms with Gasteiger partial charge in [-0.15, -0.1) is 0 Å². The van der Waals surface area contributed by atoms with Crippen molar-refractivity contribution in [1.82, 2.24) is 9.21 Å². The largest absolute Gasteiger partial charge is 0.381 e. The zero-order valence-electron chi connectivity index (χ0n) is 14.2. The van der Waals surface area contributed by atoms with Gasteiger partial charge in [0.25, 0.3) is 0 Å². The molecule has 1 aromatic rings. The average molecular weight is 370 g/mol. The van der Waals surface area contributed by atoms with E-state index < -0.39 is 21.9 Å². The zero-order valence-corrected chi connectivity index (χ0v) is 15.0. The molecular formula is C17H23FN2O4S. The third-order valence-electron chi connectivity index (χ3n) is 5.00. The van der Waals surface area contributed by atoms with Gasteiger partial charge in [-0.05, 0) is 49.9 Å². The molecular weight excluding hydrogens is 347 g/mol. The van der Waals surface area contributed by atoms with Gasteiger partial charge in [-0.1, -0.05) is 0 Å². The number of halogens is 1. The Morgan fingerprint density at radius 1 is 1.20 bits per heavy atom. The summed E-state index contributed by atoms with van der Waals surface area (Å²) in [4.78, 5) is 14.6. The van der Waals surface area contributed by atoms with E-state index in [0.29, 0.717) is 32.6 Å². The van der Waals surface area contributed by atoms with Crippen LogP contribution in [-0.4, -0.2) is 62.4 Å². The molecule has 0 radical (unpaired) electrons. The maximum atomic E-state index is 13.1. The Morgan fingerprint density at radius 2 is 1.84 bits per heavy atom. The molecule has 1 amide bonds. The second kappa shape index (κ2) is 7.39. The molecule has 1 atom stereocenters. The first-order valence-electron chi connectivity index (χ1n) is 8.53. The summed E-state index contributed by atoms with van der Waals surface area (Å²) in [6.45, 7) is 1.53. The first-order valence-corrected chi connectivity index (χ1v) is 9.97. The number of nitrogens with zero attached hydrogens (tertiary/aromatic N) is 2. The van der Waals surface area contributed by atoms with Crippen LogP contribution in [0.1, 0.15) is 25.7 Å². The van der Waals surface area contributed by atoms with E-state index in [2.05, 4.69) is 0 Å². The van der Waals surface area contributed by atoms with E-state index in [-0.39, 0.29) is 16.8 Å². The van der Waals surface area contributed by atoms with Crippen LogP contribution in [-0.2, 0) is 19.6 Å². The van der Waals surface area contributed by atoms with Crippen molar-refractivity contribution < 1.29 is 22.3 Å². The number of rotatable bonds is 4. The molecule has 2 aliphatic heterocycles. The van der Waals surface area contributed by atoms with Crippen molar-refractivity contribution in [2.45, 2.75) is 42.7 Å². The summed E-state index contributed by atoms with van der Waals surface area (Å²) in [6, 6.07) is 4.11. The van der Waals surface area contributed by atoms with Crippen molar-refractivity contribution in [3.05, 3.63) is 30.1 Å². The van der Waals surface area contributed by atoms with Crippen LogP contribution in [0.2, 0.25) is 0 Å². The molecule has 2 saturated heterocycles. The summed E-state index contributed by atoms with van der Waals surface area (Å²) < 4.78 is 45.4. The lowest BCUT2D eigenvalue weighted by atomic mass is 10.1. The van der Waals surface area contributed by atoms with Crippen molar-refractivity contribution in [2.75, 3.05) is 26.8 Å². The van der Waals surface area contributed by atoms with Gasteiger partial charge in [0.05, 0.1) is 4.90 Å². The van der Waals surface area contributed by atoms with Gasteiger partial charge in [-0.2, -0.15) is 4.31 Å². The van der Waals surface area contributed by atoms with Gasteiger partial charge in [-0.25, -0.2) is 12.8 Å². The Kier molecular flexibility index (Phi) is 5.41. The number of likely N-dealkylation sites (N-methyl/N-ethyl adjacent to an activating group) is 1. The molecule has 2 fully saturated rings. The number of sulfonamides is 1. The van der Waals surface area contributed by atoms with Gasteiger partial charge in [0.15, 0.2) is 0 Å². The SMILES string of the molecule is CN(C(=O)[C@H]1CCCN1S(=O)(=O)c1ccc(F)cc1)C1CCOCC1. The second-order valence-electron chi connectivity index (χ2n) is 6.52. The van der Waals surface area contributed by atoms with E-state index in [1.54, 1.807) is 11.9 Å². The minimum Gasteiger partial charge on any atom is -0.381 e. The Labute approximate surface area is 147 Å². The summed E-state index contributed by atoms with van der Waals surface area (Å²) in [7, 11) is -2.08. The molecule has 0 spiro atoms. The molecule has 0 aliphatic carbocycles. The molecule has 6 nitrogen and oxygen atoms in total. The summed E-state index contributed by atoms with van der Waals surface area (Å²) in [5.74, 6) is -0.665. The van der Waals surface area contributed by atoms with E-state index >= 15 is 0 Å². The van der Waals surface area contributed by atoms with E-state index in [0.717, 1.165) is 25.0 Å². The number of carbonyl (C=O) groups excluding carboxylic acids is 1. The normalized spacial score (nSPS) is 22.9. The average Bonchev–Trinajstić information content (AvgIpc) is 3.12. The molecule has 0 saturated carbocycles. The fourth-order valence-corrected chi connectivity index (χ4v) is 5.15. The van der Waals surface area contributed by atoms with Gasteiger partial charge < -0.3 is 9.64 Å². The van der Waals surface area contributed by atoms with Crippen molar-refractivity contribution in [1.29, 1.82) is 0 Å². The predicted molar refractivity (Wildman–Crippen MR) is 89.9 cm³/mol. The smallest absolute Gasteiger partial charge is 0.243 e. The number of ether oxygens (including phenoxy) is 1. The lowest BCUT2D eigenvalue weighted by Crippen LogP contribution is -2.50. The molecule has 138 valence electrons. The fourth-order valence-electron chi connectivity index (χ4n) is 3.50. The minimum atomic E-state index is -3.82. The molecule has 8 heteroatoms. The summed E-state index contributed by atoms with van der Waals surface area (Å²) >= 11 is 0. The van der Waals surface area contributed by atoms with Crippen LogP contribution in [0.3, 0.4) is 0 Å². The highest BCUT2D eigenvalue weighted by molar-refractivity contribution is 7.89. The Morgan fingerprint density at radius 3 is 2.48 bits per heavy atom. The van der Waals surface area contributed by atoms with Crippen LogP contribution >= 0.6 is 0 Å². The van der Waals surface area contributed by atoms with E-state index in [4.69, 9.17) is 4.74 Å². The molecule has 0 bridgehead atoms. The molecule has 3 rings (SSSR count). The first-order chi connectivity index (χ1) is 11.9. The van der Waals surface area contributed by atoms with Crippen molar-refractivity contribution >= 4 is 15.9 Å². The second-order valence-corrected chi connectivity index (χ2v) is 8.41. The lowest BCUT2D eigenvalue weighted by Gasteiger charge is -2.34. The highest BCUT2D eigenvalue weighted by atomic mass is 32.2. The summed E-state index contributed by atoms with van der Waals surface area (Å²) in [5, 5.41) is 0. The van der Waals surface area contributed by atoms with Crippen molar-refractivity contribution in [3.8, 4) is 0 Å². The molecule has 0 N–H and O–H groups in total. The van der Waals surface area contributed by atoms with Crippen molar-refractivity contribution in [2.24, 2.45) is 0 Å². The molecule has 25 heavy (non-hydrogen) atoms. The summed E-state index contributed by atoms with van der Waals surface area (Å²) in [6.07, 6.45) is 2.67. The van der Waals surface area contributed by atoms with Gasteiger partial charge >= 0.3 is 0 Å². The molecule has 0 aromatic heterocycles. The Hall–Kier alpha value is -1.51. The summed E-state index contributed by atoms with van der Waals surface area (Å²) in [5.41, 5.74) is 0. The third-order valence-corrected chi connectivity index (χ3v) is 6.92. The van der Waals surface area contributed by atoms with Gasteiger partial charge in [-0.3, -0.25) is 4.79 Å². The van der Waals surface area contributed by atoms with Crippen LogP contribution in [0.15, 0.2) is 29.2 Å². The van der Waals surface area contributed by atoms with Crippen LogP contribution in [0, 0.1) is 5.82 Å². The van der Waals surface area contributed by atoms with Gasteiger partial charge in [0.2, 0.25) is 15.9 Å². The monoisotopic (exact) mass is 370 g/mol. The van der Waals surface area contributed by atoms with Crippen LogP contribution in [0.5, 0.6) is 0 Å². The standard InChI is InChI=1S/C17H23FN2O4S/c1-19(14-8-11-24-12-9-14)17(21)16-3-2-10-20(16)25(22,23)15-6-4-13(18)5-7-15/h4-7,14,16H,2-3,8-12H2,1H3/t16-/m1/s1. The van der Waals surface area contributed by atoms with E-state index in [9.17, 15) is 17.6 Å². The van der Waals surface area contributed by atoms with E-state index in [1.807, 2.05) is 0 Å². The maximum Gasteiger partial charge on any atom is 0.243 e. The molecule has 0 unspecified atom stereocenters. The van der Waals surface area contributed by atoms with Crippen LogP contribution in [0.4, 0.5) is 4.39 Å². The van der Waals surface area contributed by atoms with Crippen LogP contribution < -0.4 is 0 Å². The highest BCUT2D eigenvalue weighted by Gasteiger charge is 2.41. The molecule has 2 heterocycles. The quantitative estimate of drug-likeness (QED) is 0.808. The highest BCUT2D eigenvalue weighted by Crippen LogP contribution is 2.28. The zero-order chi connectivity index (χ0) is 18.0. The molecule has 1 aromatic carbocycles. The molecule has 2 aliphatic rings. The number of carbonyl (C=O) groups is 1. The Bertz CT molecular complexity index is 717. The Balaban J connectivity index is 1.79. The van der Waals surface area contributed by atoms with Gasteiger partial charge in [0, 0.05) is 32.8 Å². The number of amides is 1.